The molecular weight excluding hydrogens is 364 g/mol. The Morgan fingerprint density at radius 3 is 2.59 bits per heavy atom. The molecule has 7 nitrogen and oxygen atoms in total. The SMILES string of the molecule is CS(=O)(=O)c1ccc(CN2CCC3(CC2)OCCc2cnc(N)nc23)cc1. The number of ether oxygens (including phenoxy) is 1. The van der Waals surface area contributed by atoms with Crippen LogP contribution < -0.4 is 5.73 Å². The number of hydrogen-bond acceptors (Lipinski definition) is 7. The smallest absolute Gasteiger partial charge is 0.220 e. The normalized spacial score (nSPS) is 19.7. The van der Waals surface area contributed by atoms with Gasteiger partial charge in [0, 0.05) is 32.1 Å². The van der Waals surface area contributed by atoms with E-state index >= 15 is 0 Å². The zero-order valence-electron chi connectivity index (χ0n) is 15.4. The predicted molar refractivity (Wildman–Crippen MR) is 102 cm³/mol. The summed E-state index contributed by atoms with van der Waals surface area (Å²) in [4.78, 5) is 11.3. The van der Waals surface area contributed by atoms with Crippen LogP contribution in [0.5, 0.6) is 0 Å². The molecule has 0 aliphatic carbocycles. The van der Waals surface area contributed by atoms with Gasteiger partial charge in [-0.15, -0.1) is 0 Å². The minimum absolute atomic E-state index is 0.298. The first-order valence-corrected chi connectivity index (χ1v) is 11.0. The molecule has 1 spiro atoms. The van der Waals surface area contributed by atoms with Gasteiger partial charge in [-0.25, -0.2) is 18.4 Å². The van der Waals surface area contributed by atoms with Crippen molar-refractivity contribution < 1.29 is 13.2 Å². The third kappa shape index (κ3) is 3.69. The van der Waals surface area contributed by atoms with E-state index in [1.54, 1.807) is 12.1 Å². The van der Waals surface area contributed by atoms with Gasteiger partial charge >= 0.3 is 0 Å². The number of aromatic nitrogens is 2. The summed E-state index contributed by atoms with van der Waals surface area (Å²) in [5.74, 6) is 0.298. The fourth-order valence-corrected chi connectivity index (χ4v) is 4.61. The molecule has 2 aromatic rings. The Labute approximate surface area is 159 Å². The number of benzene rings is 1. The summed E-state index contributed by atoms with van der Waals surface area (Å²) in [5.41, 5.74) is 8.66. The zero-order chi connectivity index (χ0) is 19.1. The number of likely N-dealkylation sites (tertiary alicyclic amines) is 1. The van der Waals surface area contributed by atoms with Crippen LogP contribution in [0.3, 0.4) is 0 Å². The molecule has 0 bridgehead atoms. The summed E-state index contributed by atoms with van der Waals surface area (Å²) in [7, 11) is -3.16. The summed E-state index contributed by atoms with van der Waals surface area (Å²) in [6, 6.07) is 7.13. The van der Waals surface area contributed by atoms with Gasteiger partial charge in [-0.3, -0.25) is 4.90 Å². The van der Waals surface area contributed by atoms with E-state index in [0.29, 0.717) is 17.5 Å². The number of sulfone groups is 1. The highest BCUT2D eigenvalue weighted by Gasteiger charge is 2.42. The average molecular weight is 388 g/mol. The predicted octanol–water partition coefficient (Wildman–Crippen LogP) is 1.53. The van der Waals surface area contributed by atoms with Gasteiger partial charge in [0.25, 0.3) is 0 Å². The molecule has 0 atom stereocenters. The highest BCUT2D eigenvalue weighted by Crippen LogP contribution is 2.40. The molecule has 27 heavy (non-hydrogen) atoms. The van der Waals surface area contributed by atoms with Crippen molar-refractivity contribution in [1.29, 1.82) is 0 Å². The van der Waals surface area contributed by atoms with Crippen LogP contribution >= 0.6 is 0 Å². The van der Waals surface area contributed by atoms with Crippen molar-refractivity contribution in [2.75, 3.05) is 31.7 Å². The van der Waals surface area contributed by atoms with E-state index < -0.39 is 9.84 Å². The maximum atomic E-state index is 11.6. The molecule has 1 aromatic heterocycles. The van der Waals surface area contributed by atoms with Crippen LogP contribution in [-0.2, 0) is 33.1 Å². The maximum Gasteiger partial charge on any atom is 0.220 e. The van der Waals surface area contributed by atoms with Crippen LogP contribution in [0.4, 0.5) is 5.95 Å². The second kappa shape index (κ2) is 6.85. The minimum atomic E-state index is -3.16. The number of fused-ring (bicyclic) bond motifs is 2. The standard InChI is InChI=1S/C19H24N4O3S/c1-27(24,25)16-4-2-14(3-5-16)13-23-9-7-19(8-10-23)17-15(6-11-26-19)12-21-18(20)22-17/h2-5,12H,6-11,13H2,1H3,(H2,20,21,22). The molecule has 0 amide bonds. The number of rotatable bonds is 3. The van der Waals surface area contributed by atoms with E-state index in [9.17, 15) is 8.42 Å². The maximum absolute atomic E-state index is 11.6. The zero-order valence-corrected chi connectivity index (χ0v) is 16.2. The first kappa shape index (κ1) is 18.3. The van der Waals surface area contributed by atoms with Crippen molar-refractivity contribution >= 4 is 15.8 Å². The molecule has 0 radical (unpaired) electrons. The summed E-state index contributed by atoms with van der Waals surface area (Å²) in [6.07, 6.45) is 5.60. The van der Waals surface area contributed by atoms with Gasteiger partial charge in [0.2, 0.25) is 5.95 Å². The molecule has 1 aromatic carbocycles. The van der Waals surface area contributed by atoms with Crippen molar-refractivity contribution in [3.8, 4) is 0 Å². The number of nitrogens with zero attached hydrogens (tertiary/aromatic N) is 3. The Morgan fingerprint density at radius 1 is 1.22 bits per heavy atom. The van der Waals surface area contributed by atoms with Gasteiger partial charge in [-0.2, -0.15) is 0 Å². The Balaban J connectivity index is 1.45. The van der Waals surface area contributed by atoms with Crippen molar-refractivity contribution in [3.63, 3.8) is 0 Å². The fraction of sp³-hybridized carbons (Fsp3) is 0.474. The number of anilines is 1. The van der Waals surface area contributed by atoms with E-state index in [1.807, 2.05) is 18.3 Å². The molecule has 8 heteroatoms. The van der Waals surface area contributed by atoms with Gasteiger partial charge in [-0.1, -0.05) is 12.1 Å². The summed E-state index contributed by atoms with van der Waals surface area (Å²) in [6.45, 7) is 3.25. The van der Waals surface area contributed by atoms with Gasteiger partial charge in [0.1, 0.15) is 5.60 Å². The van der Waals surface area contributed by atoms with Gasteiger partial charge in [-0.05, 0) is 42.5 Å². The van der Waals surface area contributed by atoms with E-state index in [0.717, 1.165) is 55.7 Å². The molecule has 4 rings (SSSR count). The van der Waals surface area contributed by atoms with Crippen LogP contribution in [0, 0.1) is 0 Å². The molecule has 2 N–H and O–H groups in total. The summed E-state index contributed by atoms with van der Waals surface area (Å²) < 4.78 is 29.4. The third-order valence-corrected chi connectivity index (χ3v) is 6.61. The Morgan fingerprint density at radius 2 is 1.93 bits per heavy atom. The average Bonchev–Trinajstić information content (AvgIpc) is 2.64. The monoisotopic (exact) mass is 388 g/mol. The molecule has 2 aliphatic heterocycles. The Hall–Kier alpha value is -2.03. The van der Waals surface area contributed by atoms with E-state index in [2.05, 4.69) is 14.9 Å². The highest BCUT2D eigenvalue weighted by atomic mass is 32.2. The summed E-state index contributed by atoms with van der Waals surface area (Å²) >= 11 is 0. The lowest BCUT2D eigenvalue weighted by molar-refractivity contribution is -0.102. The molecule has 2 aliphatic rings. The van der Waals surface area contributed by atoms with Gasteiger partial charge in [0.05, 0.1) is 17.2 Å². The molecule has 0 saturated carbocycles. The van der Waals surface area contributed by atoms with Crippen LogP contribution in [0.1, 0.15) is 29.7 Å². The molecule has 144 valence electrons. The topological polar surface area (TPSA) is 98.4 Å². The molecule has 3 heterocycles. The van der Waals surface area contributed by atoms with Crippen LogP contribution in [0.25, 0.3) is 0 Å². The fourth-order valence-electron chi connectivity index (χ4n) is 3.98. The molecule has 0 unspecified atom stereocenters. The lowest BCUT2D eigenvalue weighted by atomic mass is 9.83. The second-order valence-electron chi connectivity index (χ2n) is 7.39. The number of hydrogen-bond donors (Lipinski definition) is 1. The third-order valence-electron chi connectivity index (χ3n) is 5.49. The van der Waals surface area contributed by atoms with Crippen molar-refractivity contribution in [2.45, 2.75) is 36.3 Å². The van der Waals surface area contributed by atoms with E-state index in [1.165, 1.54) is 6.26 Å². The molecule has 1 saturated heterocycles. The van der Waals surface area contributed by atoms with E-state index in [-0.39, 0.29) is 5.60 Å². The summed E-state index contributed by atoms with van der Waals surface area (Å²) in [5, 5.41) is 0. The van der Waals surface area contributed by atoms with E-state index in [4.69, 9.17) is 10.5 Å². The van der Waals surface area contributed by atoms with Gasteiger partial charge < -0.3 is 10.5 Å². The first-order chi connectivity index (χ1) is 12.9. The van der Waals surface area contributed by atoms with Crippen molar-refractivity contribution in [1.82, 2.24) is 14.9 Å². The van der Waals surface area contributed by atoms with Gasteiger partial charge in [0.15, 0.2) is 9.84 Å². The van der Waals surface area contributed by atoms with Crippen LogP contribution in [0.15, 0.2) is 35.4 Å². The quantitative estimate of drug-likeness (QED) is 0.851. The first-order valence-electron chi connectivity index (χ1n) is 9.13. The lowest BCUT2D eigenvalue weighted by Crippen LogP contribution is -2.47. The lowest BCUT2D eigenvalue weighted by Gasteiger charge is -2.44. The highest BCUT2D eigenvalue weighted by molar-refractivity contribution is 7.90. The number of nitrogens with two attached hydrogens (primary N) is 1. The van der Waals surface area contributed by atoms with Crippen LogP contribution in [0.2, 0.25) is 0 Å². The van der Waals surface area contributed by atoms with Crippen LogP contribution in [-0.4, -0.2) is 49.2 Å². The number of piperidine rings is 1. The Kier molecular flexibility index (Phi) is 4.65. The molecule has 1 fully saturated rings. The minimum Gasteiger partial charge on any atom is -0.368 e. The molecular formula is C19H24N4O3S. The second-order valence-corrected chi connectivity index (χ2v) is 9.40. The Bertz CT molecular complexity index is 936. The van der Waals surface area contributed by atoms with Crippen molar-refractivity contribution in [2.24, 2.45) is 0 Å². The number of nitrogen functional groups attached to an aromatic ring is 1. The largest absolute Gasteiger partial charge is 0.368 e. The van der Waals surface area contributed by atoms with Crippen molar-refractivity contribution in [3.05, 3.63) is 47.3 Å².